The molecule has 0 saturated carbocycles. The lowest BCUT2D eigenvalue weighted by Gasteiger charge is -2.25. The molecule has 0 aliphatic carbocycles. The van der Waals surface area contributed by atoms with Crippen LogP contribution in [-0.4, -0.2) is 9.83 Å². The first-order valence-electron chi connectivity index (χ1n) is 2.74. The minimum Gasteiger partial charge on any atom is -0.161 e. The van der Waals surface area contributed by atoms with Crippen LogP contribution >= 0.6 is 34.2 Å². The topological polar surface area (TPSA) is 0 Å². The molecule has 0 aromatic heterocycles. The van der Waals surface area contributed by atoms with Gasteiger partial charge >= 0.3 is 0 Å². The van der Waals surface area contributed by atoms with Gasteiger partial charge in [-0.25, -0.2) is 0 Å². The van der Waals surface area contributed by atoms with Gasteiger partial charge in [-0.1, -0.05) is 21.6 Å². The average Bonchev–Trinajstić information content (AvgIpc) is 1.65. The quantitative estimate of drug-likeness (QED) is 0.434. The lowest BCUT2D eigenvalue weighted by Crippen LogP contribution is -2.12. The Labute approximate surface area is 64.0 Å². The summed E-state index contributed by atoms with van der Waals surface area (Å²) in [6, 6.07) is 0. The third-order valence-corrected chi connectivity index (χ3v) is 5.07. The highest BCUT2D eigenvalue weighted by atomic mass is 33.1. The Balaban J connectivity index is 2.33. The molecule has 0 N–H and O–H groups in total. The largest absolute Gasteiger partial charge is 0.161 e. The molecule has 1 aliphatic rings. The number of thiol groups is 1. The zero-order chi connectivity index (χ0) is 6.04. The van der Waals surface area contributed by atoms with E-state index in [0.29, 0.717) is 0 Å². The highest BCUT2D eigenvalue weighted by molar-refractivity contribution is 8.78. The van der Waals surface area contributed by atoms with E-state index in [9.17, 15) is 0 Å². The van der Waals surface area contributed by atoms with Crippen molar-refractivity contribution in [2.45, 2.75) is 23.8 Å². The molecule has 1 heterocycles. The Morgan fingerprint density at radius 2 is 2.38 bits per heavy atom. The fourth-order valence-corrected chi connectivity index (χ4v) is 3.74. The summed E-state index contributed by atoms with van der Waals surface area (Å²) in [6.45, 7) is 2.19. The zero-order valence-electron chi connectivity index (χ0n) is 4.89. The van der Waals surface area contributed by atoms with Gasteiger partial charge in [0.2, 0.25) is 0 Å². The fraction of sp³-hybridized carbons (Fsp3) is 1.00. The van der Waals surface area contributed by atoms with Gasteiger partial charge in [0.15, 0.2) is 0 Å². The summed E-state index contributed by atoms with van der Waals surface area (Å²) in [5.74, 6) is 1.31. The summed E-state index contributed by atoms with van der Waals surface area (Å²) in [4.78, 5) is 0. The van der Waals surface area contributed by atoms with Gasteiger partial charge in [0.1, 0.15) is 0 Å². The van der Waals surface area contributed by atoms with Gasteiger partial charge < -0.3 is 0 Å². The Hall–Kier alpha value is 1.05. The van der Waals surface area contributed by atoms with E-state index in [-0.39, 0.29) is 4.08 Å². The standard InChI is InChI=1S/C5H10S3/c1-5(6)3-2-4-7-8-5/h6H,2-4H2,1H3. The maximum atomic E-state index is 4.46. The fourth-order valence-electron chi connectivity index (χ4n) is 0.669. The van der Waals surface area contributed by atoms with Gasteiger partial charge in [0.05, 0.1) is 4.08 Å². The molecule has 0 nitrogen and oxygen atoms in total. The monoisotopic (exact) mass is 166 g/mol. The molecular weight excluding hydrogens is 156 g/mol. The Morgan fingerprint density at radius 1 is 1.62 bits per heavy atom. The lowest BCUT2D eigenvalue weighted by atomic mass is 10.3. The van der Waals surface area contributed by atoms with Gasteiger partial charge in [-0.3, -0.25) is 0 Å². The second-order valence-corrected chi connectivity index (χ2v) is 6.39. The molecule has 0 radical (unpaired) electrons. The normalized spacial score (nSPS) is 39.8. The first-order chi connectivity index (χ1) is 3.71. The number of hydrogen-bond donors (Lipinski definition) is 1. The van der Waals surface area contributed by atoms with E-state index in [1.165, 1.54) is 18.6 Å². The molecule has 0 aromatic rings. The van der Waals surface area contributed by atoms with Crippen molar-refractivity contribution in [3.05, 3.63) is 0 Å². The van der Waals surface area contributed by atoms with Crippen LogP contribution in [0.4, 0.5) is 0 Å². The van der Waals surface area contributed by atoms with Crippen molar-refractivity contribution in [2.75, 3.05) is 5.75 Å². The van der Waals surface area contributed by atoms with E-state index < -0.39 is 0 Å². The van der Waals surface area contributed by atoms with Crippen molar-refractivity contribution in [2.24, 2.45) is 0 Å². The van der Waals surface area contributed by atoms with Crippen molar-refractivity contribution in [1.29, 1.82) is 0 Å². The van der Waals surface area contributed by atoms with E-state index in [0.717, 1.165) is 0 Å². The van der Waals surface area contributed by atoms with E-state index >= 15 is 0 Å². The molecule has 48 valence electrons. The second kappa shape index (κ2) is 2.76. The molecule has 0 spiro atoms. The van der Waals surface area contributed by atoms with E-state index in [2.05, 4.69) is 19.6 Å². The summed E-state index contributed by atoms with van der Waals surface area (Å²) >= 11 is 4.46. The van der Waals surface area contributed by atoms with Gasteiger partial charge in [-0.2, -0.15) is 12.6 Å². The highest BCUT2D eigenvalue weighted by Gasteiger charge is 2.22. The van der Waals surface area contributed by atoms with Crippen LogP contribution in [0.15, 0.2) is 0 Å². The molecule has 1 unspecified atom stereocenters. The van der Waals surface area contributed by atoms with Crippen LogP contribution in [0.25, 0.3) is 0 Å². The van der Waals surface area contributed by atoms with Crippen LogP contribution in [0.2, 0.25) is 0 Å². The smallest absolute Gasteiger partial charge is 0.0657 e. The molecule has 1 rings (SSSR count). The zero-order valence-corrected chi connectivity index (χ0v) is 7.41. The molecule has 1 atom stereocenters. The van der Waals surface area contributed by atoms with Crippen molar-refractivity contribution < 1.29 is 0 Å². The summed E-state index contributed by atoms with van der Waals surface area (Å²) in [7, 11) is 3.84. The molecule has 0 aromatic carbocycles. The van der Waals surface area contributed by atoms with Gasteiger partial charge in [-0.05, 0) is 19.8 Å². The highest BCUT2D eigenvalue weighted by Crippen LogP contribution is 2.46. The van der Waals surface area contributed by atoms with Crippen LogP contribution in [-0.2, 0) is 0 Å². The molecular formula is C5H10S3. The summed E-state index contributed by atoms with van der Waals surface area (Å²) in [5.41, 5.74) is 0. The number of hydrogen-bond acceptors (Lipinski definition) is 3. The van der Waals surface area contributed by atoms with Gasteiger partial charge in [-0.15, -0.1) is 0 Å². The van der Waals surface area contributed by atoms with Crippen molar-refractivity contribution in [3.63, 3.8) is 0 Å². The third kappa shape index (κ3) is 2.11. The van der Waals surface area contributed by atoms with Gasteiger partial charge in [0, 0.05) is 5.75 Å². The van der Waals surface area contributed by atoms with Crippen LogP contribution in [0.5, 0.6) is 0 Å². The minimum atomic E-state index is 0.253. The Bertz CT molecular complexity index is 71.7. The van der Waals surface area contributed by atoms with Crippen molar-refractivity contribution in [1.82, 2.24) is 0 Å². The average molecular weight is 166 g/mol. The first kappa shape index (κ1) is 7.16. The minimum absolute atomic E-state index is 0.253. The van der Waals surface area contributed by atoms with E-state index in [4.69, 9.17) is 0 Å². The Kier molecular flexibility index (Phi) is 2.47. The Morgan fingerprint density at radius 3 is 2.62 bits per heavy atom. The molecule has 1 aliphatic heterocycles. The van der Waals surface area contributed by atoms with Crippen LogP contribution in [0.3, 0.4) is 0 Å². The molecule has 1 fully saturated rings. The van der Waals surface area contributed by atoms with E-state index in [1.807, 2.05) is 21.6 Å². The lowest BCUT2D eigenvalue weighted by molar-refractivity contribution is 0.756. The molecule has 0 amide bonds. The predicted octanol–water partition coefficient (Wildman–Crippen LogP) is 2.81. The maximum absolute atomic E-state index is 4.46. The predicted molar refractivity (Wildman–Crippen MR) is 46.7 cm³/mol. The summed E-state index contributed by atoms with van der Waals surface area (Å²) in [6.07, 6.45) is 2.59. The summed E-state index contributed by atoms with van der Waals surface area (Å²) in [5, 5.41) is 0. The number of rotatable bonds is 0. The van der Waals surface area contributed by atoms with Crippen LogP contribution < -0.4 is 0 Å². The molecule has 0 bridgehead atoms. The van der Waals surface area contributed by atoms with Crippen molar-refractivity contribution in [3.8, 4) is 0 Å². The first-order valence-corrected chi connectivity index (χ1v) is 5.50. The van der Waals surface area contributed by atoms with Crippen molar-refractivity contribution >= 4 is 34.2 Å². The molecule has 8 heavy (non-hydrogen) atoms. The third-order valence-electron chi connectivity index (χ3n) is 1.11. The van der Waals surface area contributed by atoms with E-state index in [1.54, 1.807) is 0 Å². The SMILES string of the molecule is CC1(S)CCCSS1. The molecule has 3 heteroatoms. The van der Waals surface area contributed by atoms with Crippen LogP contribution in [0, 0.1) is 0 Å². The summed E-state index contributed by atoms with van der Waals surface area (Å²) < 4.78 is 0.253. The van der Waals surface area contributed by atoms with Crippen LogP contribution in [0.1, 0.15) is 19.8 Å². The molecule has 1 saturated heterocycles. The second-order valence-electron chi connectivity index (χ2n) is 2.18. The maximum Gasteiger partial charge on any atom is 0.0657 e. The van der Waals surface area contributed by atoms with Gasteiger partial charge in [0.25, 0.3) is 0 Å².